The molecule has 2 rings (SSSR count). The third-order valence-electron chi connectivity index (χ3n) is 2.93. The minimum absolute atomic E-state index is 0.106. The molecule has 1 heterocycles. The fourth-order valence-corrected chi connectivity index (χ4v) is 1.96. The van der Waals surface area contributed by atoms with Crippen LogP contribution in [0.4, 0.5) is 17.6 Å². The molecule has 0 bridgehead atoms. The van der Waals surface area contributed by atoms with E-state index in [1.807, 2.05) is 0 Å². The van der Waals surface area contributed by atoms with Crippen LogP contribution in [0.1, 0.15) is 30.5 Å². The molecule has 0 spiro atoms. The summed E-state index contributed by atoms with van der Waals surface area (Å²) in [4.78, 5) is 0. The van der Waals surface area contributed by atoms with Crippen molar-refractivity contribution in [3.8, 4) is 0 Å². The Morgan fingerprint density at radius 1 is 1.24 bits per heavy atom. The number of benzene rings is 1. The number of halogens is 4. The van der Waals surface area contributed by atoms with Gasteiger partial charge in [0.15, 0.2) is 0 Å². The minimum atomic E-state index is -2.90. The molecule has 17 heavy (non-hydrogen) atoms. The van der Waals surface area contributed by atoms with Gasteiger partial charge in [-0.15, -0.1) is 0 Å². The normalized spacial score (nSPS) is 23.9. The van der Waals surface area contributed by atoms with Gasteiger partial charge in [0.1, 0.15) is 0 Å². The van der Waals surface area contributed by atoms with E-state index in [4.69, 9.17) is 0 Å². The van der Waals surface area contributed by atoms with Crippen LogP contribution in [0.3, 0.4) is 0 Å². The van der Waals surface area contributed by atoms with Crippen LogP contribution in [0.5, 0.6) is 0 Å². The van der Waals surface area contributed by atoms with E-state index in [0.29, 0.717) is 5.56 Å². The van der Waals surface area contributed by atoms with Gasteiger partial charge in [0.05, 0.1) is 6.54 Å². The molecular formula is C12H13F4N. The maximum atomic E-state index is 13.0. The Morgan fingerprint density at radius 3 is 2.24 bits per heavy atom. The summed E-state index contributed by atoms with van der Waals surface area (Å²) in [6.07, 6.45) is -0.283. The van der Waals surface area contributed by atoms with E-state index in [1.165, 1.54) is 24.3 Å². The van der Waals surface area contributed by atoms with Crippen LogP contribution >= 0.6 is 0 Å². The molecule has 5 heteroatoms. The topological polar surface area (TPSA) is 12.0 Å². The van der Waals surface area contributed by atoms with Crippen molar-refractivity contribution in [1.29, 1.82) is 0 Å². The molecule has 1 fully saturated rings. The highest BCUT2D eigenvalue weighted by Crippen LogP contribution is 2.35. The smallest absolute Gasteiger partial charge is 0.270 e. The van der Waals surface area contributed by atoms with Crippen LogP contribution in [0.15, 0.2) is 24.3 Å². The van der Waals surface area contributed by atoms with Gasteiger partial charge in [-0.3, -0.25) is 0 Å². The van der Waals surface area contributed by atoms with Gasteiger partial charge in [-0.1, -0.05) is 24.3 Å². The molecule has 0 radical (unpaired) electrons. The first-order valence-corrected chi connectivity index (χ1v) is 5.37. The van der Waals surface area contributed by atoms with Crippen LogP contribution in [-0.4, -0.2) is 12.5 Å². The van der Waals surface area contributed by atoms with E-state index in [1.54, 1.807) is 0 Å². The molecule has 0 aliphatic carbocycles. The molecule has 1 nitrogen and oxygen atoms in total. The predicted octanol–water partition coefficient (Wildman–Crippen LogP) is 3.47. The summed E-state index contributed by atoms with van der Waals surface area (Å²) < 4.78 is 51.8. The minimum Gasteiger partial charge on any atom is -0.304 e. The summed E-state index contributed by atoms with van der Waals surface area (Å²) in [6.45, 7) is 0.452. The van der Waals surface area contributed by atoms with Gasteiger partial charge >= 0.3 is 0 Å². The van der Waals surface area contributed by atoms with Gasteiger partial charge < -0.3 is 5.32 Å². The lowest BCUT2D eigenvalue weighted by molar-refractivity contribution is 0.0170. The molecule has 1 aliphatic rings. The van der Waals surface area contributed by atoms with Gasteiger partial charge in [0.2, 0.25) is 0 Å². The molecule has 0 aromatic heterocycles. The zero-order valence-electron chi connectivity index (χ0n) is 9.31. The average molecular weight is 247 g/mol. The molecule has 1 aromatic rings. The van der Waals surface area contributed by atoms with Gasteiger partial charge in [0, 0.05) is 24.9 Å². The van der Waals surface area contributed by atoms with E-state index in [0.717, 1.165) is 6.92 Å². The Morgan fingerprint density at radius 2 is 1.82 bits per heavy atom. The van der Waals surface area contributed by atoms with Crippen molar-refractivity contribution < 1.29 is 17.6 Å². The first kappa shape index (κ1) is 12.4. The van der Waals surface area contributed by atoms with E-state index in [-0.39, 0.29) is 18.5 Å². The van der Waals surface area contributed by atoms with E-state index < -0.39 is 17.9 Å². The van der Waals surface area contributed by atoms with Crippen molar-refractivity contribution in [2.24, 2.45) is 0 Å². The molecule has 1 N–H and O–H groups in total. The number of hydrogen-bond acceptors (Lipinski definition) is 1. The van der Waals surface area contributed by atoms with Gasteiger partial charge in [-0.2, -0.15) is 0 Å². The summed E-state index contributed by atoms with van der Waals surface area (Å²) >= 11 is 0. The molecule has 1 atom stereocenters. The van der Waals surface area contributed by atoms with Crippen molar-refractivity contribution in [3.63, 3.8) is 0 Å². The SMILES string of the molecule is CC(F)(F)c1ccc(C2CC(F)(F)CN2)cc1. The van der Waals surface area contributed by atoms with Gasteiger partial charge in [0.25, 0.3) is 11.8 Å². The number of nitrogens with one attached hydrogen (secondary N) is 1. The number of hydrogen-bond donors (Lipinski definition) is 1. The maximum Gasteiger partial charge on any atom is 0.270 e. The van der Waals surface area contributed by atoms with Crippen molar-refractivity contribution in [3.05, 3.63) is 35.4 Å². The molecule has 1 unspecified atom stereocenters. The summed E-state index contributed by atoms with van der Waals surface area (Å²) in [5.41, 5.74) is 0.515. The zero-order chi connectivity index (χ0) is 12.7. The lowest BCUT2D eigenvalue weighted by Crippen LogP contribution is -2.19. The van der Waals surface area contributed by atoms with Crippen molar-refractivity contribution in [2.45, 2.75) is 31.2 Å². The molecule has 0 amide bonds. The Labute approximate surface area is 96.8 Å². The standard InChI is InChI=1S/C12H13F4N/c1-11(13,14)9-4-2-8(3-5-9)10-6-12(15,16)7-17-10/h2-5,10,17H,6-7H2,1H3. The predicted molar refractivity (Wildman–Crippen MR) is 56.3 cm³/mol. The second-order valence-electron chi connectivity index (χ2n) is 4.50. The van der Waals surface area contributed by atoms with Gasteiger partial charge in [-0.05, 0) is 5.56 Å². The van der Waals surface area contributed by atoms with Gasteiger partial charge in [-0.25, -0.2) is 17.6 Å². The van der Waals surface area contributed by atoms with Crippen LogP contribution in [0, 0.1) is 0 Å². The van der Waals surface area contributed by atoms with E-state index >= 15 is 0 Å². The van der Waals surface area contributed by atoms with Crippen molar-refractivity contribution in [2.75, 3.05) is 6.54 Å². The quantitative estimate of drug-likeness (QED) is 0.789. The lowest BCUT2D eigenvalue weighted by atomic mass is 10.0. The Balaban J connectivity index is 2.14. The largest absolute Gasteiger partial charge is 0.304 e. The number of alkyl halides is 4. The second kappa shape index (κ2) is 3.98. The first-order chi connectivity index (χ1) is 7.78. The molecule has 94 valence electrons. The van der Waals surface area contributed by atoms with Crippen LogP contribution in [-0.2, 0) is 5.92 Å². The van der Waals surface area contributed by atoms with Crippen LogP contribution in [0.2, 0.25) is 0 Å². The summed E-state index contributed by atoms with van der Waals surface area (Å²) in [5.74, 6) is -5.61. The first-order valence-electron chi connectivity index (χ1n) is 5.37. The van der Waals surface area contributed by atoms with Crippen molar-refractivity contribution in [1.82, 2.24) is 5.32 Å². The van der Waals surface area contributed by atoms with E-state index in [2.05, 4.69) is 5.32 Å². The second-order valence-corrected chi connectivity index (χ2v) is 4.50. The highest BCUT2D eigenvalue weighted by Gasteiger charge is 2.39. The Kier molecular flexibility index (Phi) is 2.89. The fraction of sp³-hybridized carbons (Fsp3) is 0.500. The lowest BCUT2D eigenvalue weighted by Gasteiger charge is -2.14. The summed E-state index contributed by atoms with van der Waals surface area (Å²) in [6, 6.07) is 5.07. The zero-order valence-corrected chi connectivity index (χ0v) is 9.31. The van der Waals surface area contributed by atoms with Crippen LogP contribution in [0.25, 0.3) is 0 Å². The third-order valence-corrected chi connectivity index (χ3v) is 2.93. The van der Waals surface area contributed by atoms with E-state index in [9.17, 15) is 17.6 Å². The molecule has 0 saturated carbocycles. The van der Waals surface area contributed by atoms with Crippen LogP contribution < -0.4 is 5.32 Å². The average Bonchev–Trinajstić information content (AvgIpc) is 2.58. The number of rotatable bonds is 2. The fourth-order valence-electron chi connectivity index (χ4n) is 1.96. The molecule has 1 aliphatic heterocycles. The Bertz CT molecular complexity index is 394. The highest BCUT2D eigenvalue weighted by atomic mass is 19.3. The van der Waals surface area contributed by atoms with Crippen molar-refractivity contribution >= 4 is 0 Å². The maximum absolute atomic E-state index is 13.0. The molecule has 1 aromatic carbocycles. The highest BCUT2D eigenvalue weighted by molar-refractivity contribution is 5.28. The summed E-state index contributed by atoms with van der Waals surface area (Å²) in [5, 5.41) is 2.68. The Hall–Kier alpha value is -1.10. The monoisotopic (exact) mass is 247 g/mol. The third kappa shape index (κ3) is 2.77. The molecular weight excluding hydrogens is 234 g/mol. The summed E-state index contributed by atoms with van der Waals surface area (Å²) in [7, 11) is 0. The molecule has 1 saturated heterocycles.